The molecule has 0 spiro atoms. The third-order valence-corrected chi connectivity index (χ3v) is 9.43. The van der Waals surface area contributed by atoms with Gasteiger partial charge in [0.15, 0.2) is 0 Å². The minimum Gasteiger partial charge on any atom is -0.456 e. The molecular weight excluding hydrogens is 560 g/mol. The first-order valence-corrected chi connectivity index (χ1v) is 15.7. The van der Waals surface area contributed by atoms with Crippen LogP contribution in [0.25, 0.3) is 88.0 Å². The Hall–Kier alpha value is -6.12. The molecule has 0 amide bonds. The smallest absolute Gasteiger partial charge is 0.136 e. The number of hydrogen-bond acceptors (Lipinski definition) is 2. The molecule has 0 N–H and O–H groups in total. The van der Waals surface area contributed by atoms with Crippen LogP contribution in [0.4, 0.5) is 0 Å². The predicted molar refractivity (Wildman–Crippen MR) is 191 cm³/mol. The third-order valence-electron chi connectivity index (χ3n) is 9.43. The first-order valence-electron chi connectivity index (χ1n) is 15.7. The Bertz CT molecular complexity index is 2660. The molecule has 1 aliphatic rings. The number of hydrogen-bond donors (Lipinski definition) is 0. The Kier molecular flexibility index (Phi) is 5.31. The summed E-state index contributed by atoms with van der Waals surface area (Å²) in [5, 5.41) is 6.99. The lowest BCUT2D eigenvalue weighted by molar-refractivity contribution is 0.487. The molecule has 0 radical (unpaired) electrons. The van der Waals surface area contributed by atoms with Gasteiger partial charge in [-0.1, -0.05) is 109 Å². The molecule has 2 heteroatoms. The van der Waals surface area contributed by atoms with Gasteiger partial charge in [-0.2, -0.15) is 0 Å². The van der Waals surface area contributed by atoms with Crippen molar-refractivity contribution in [1.29, 1.82) is 0 Å². The minimum atomic E-state index is 0.895. The normalized spacial score (nSPS) is 12.1. The first kappa shape index (κ1) is 25.2. The van der Waals surface area contributed by atoms with Gasteiger partial charge in [0.25, 0.3) is 0 Å². The Morgan fingerprint density at radius 2 is 1.02 bits per heavy atom. The Morgan fingerprint density at radius 1 is 0.326 bits per heavy atom. The van der Waals surface area contributed by atoms with E-state index < -0.39 is 0 Å². The average Bonchev–Trinajstić information content (AvgIpc) is 3.48. The van der Waals surface area contributed by atoms with Crippen molar-refractivity contribution in [3.8, 4) is 56.0 Å². The van der Waals surface area contributed by atoms with E-state index in [1.54, 1.807) is 0 Å². The topological polar surface area (TPSA) is 22.4 Å². The molecular formula is C44H26O2. The predicted octanol–water partition coefficient (Wildman–Crippen LogP) is 12.7. The summed E-state index contributed by atoms with van der Waals surface area (Å²) < 4.78 is 12.9. The number of para-hydroxylation sites is 1. The van der Waals surface area contributed by atoms with Crippen molar-refractivity contribution in [2.24, 2.45) is 0 Å². The number of fused-ring (bicyclic) bond motifs is 6. The number of ether oxygens (including phenoxy) is 1. The summed E-state index contributed by atoms with van der Waals surface area (Å²) in [6.07, 6.45) is 0. The van der Waals surface area contributed by atoms with Crippen LogP contribution >= 0.6 is 0 Å². The van der Waals surface area contributed by atoms with Crippen molar-refractivity contribution in [1.82, 2.24) is 0 Å². The summed E-state index contributed by atoms with van der Waals surface area (Å²) in [6.45, 7) is 0. The number of rotatable bonds is 3. The molecule has 46 heavy (non-hydrogen) atoms. The van der Waals surface area contributed by atoms with Crippen LogP contribution in [0.2, 0.25) is 0 Å². The van der Waals surface area contributed by atoms with Gasteiger partial charge >= 0.3 is 0 Å². The van der Waals surface area contributed by atoms with Gasteiger partial charge in [-0.25, -0.2) is 0 Å². The van der Waals surface area contributed by atoms with Crippen LogP contribution in [-0.2, 0) is 0 Å². The second-order valence-electron chi connectivity index (χ2n) is 12.1. The second-order valence-corrected chi connectivity index (χ2v) is 12.1. The molecule has 1 aliphatic heterocycles. The van der Waals surface area contributed by atoms with Crippen LogP contribution in [0, 0.1) is 0 Å². The van der Waals surface area contributed by atoms with Gasteiger partial charge in [-0.05, 0) is 104 Å². The van der Waals surface area contributed by atoms with Crippen LogP contribution in [0.3, 0.4) is 0 Å². The molecule has 214 valence electrons. The highest BCUT2D eigenvalue weighted by Crippen LogP contribution is 2.49. The van der Waals surface area contributed by atoms with Crippen LogP contribution < -0.4 is 4.74 Å². The van der Waals surface area contributed by atoms with E-state index in [2.05, 4.69) is 146 Å². The van der Waals surface area contributed by atoms with E-state index >= 15 is 0 Å². The van der Waals surface area contributed by atoms with E-state index in [1.807, 2.05) is 12.1 Å². The average molecular weight is 587 g/mol. The van der Waals surface area contributed by atoms with E-state index in [4.69, 9.17) is 9.15 Å². The molecule has 0 fully saturated rings. The summed E-state index contributed by atoms with van der Waals surface area (Å²) >= 11 is 0. The van der Waals surface area contributed by atoms with Crippen molar-refractivity contribution in [2.45, 2.75) is 0 Å². The highest BCUT2D eigenvalue weighted by Gasteiger charge is 2.22. The molecule has 2 heterocycles. The first-order chi connectivity index (χ1) is 22.8. The molecule has 0 saturated heterocycles. The molecule has 2 nitrogen and oxygen atoms in total. The van der Waals surface area contributed by atoms with E-state index in [0.29, 0.717) is 0 Å². The SMILES string of the molecule is c1ccc(-c2cc(-c3ccc4c5c(cccc35)-c3ccccc3O4)cc(-c3cccc4oc5cc6ccccc6cc5c34)c2)cc1. The zero-order valence-electron chi connectivity index (χ0n) is 24.8. The van der Waals surface area contributed by atoms with Gasteiger partial charge in [0.2, 0.25) is 0 Å². The fourth-order valence-corrected chi connectivity index (χ4v) is 7.32. The van der Waals surface area contributed by atoms with Gasteiger partial charge in [0.05, 0.1) is 0 Å². The zero-order chi connectivity index (χ0) is 30.2. The summed E-state index contributed by atoms with van der Waals surface area (Å²) in [7, 11) is 0. The van der Waals surface area contributed by atoms with Crippen LogP contribution in [-0.4, -0.2) is 0 Å². The lowest BCUT2D eigenvalue weighted by Crippen LogP contribution is -1.97. The summed E-state index contributed by atoms with van der Waals surface area (Å²) in [4.78, 5) is 0. The summed E-state index contributed by atoms with van der Waals surface area (Å²) in [6, 6.07) is 56.2. The monoisotopic (exact) mass is 586 g/mol. The lowest BCUT2D eigenvalue weighted by Gasteiger charge is -2.22. The highest BCUT2D eigenvalue weighted by molar-refractivity contribution is 6.16. The molecule has 0 saturated carbocycles. The van der Waals surface area contributed by atoms with Crippen molar-refractivity contribution in [2.75, 3.05) is 0 Å². The van der Waals surface area contributed by atoms with Crippen LogP contribution in [0.5, 0.6) is 11.5 Å². The molecule has 9 aromatic rings. The summed E-state index contributed by atoms with van der Waals surface area (Å²) in [5.74, 6) is 1.80. The standard InChI is InChI=1S/C44H26O2/c1-2-10-27(11-3-1)30-22-31(33-20-21-41-44-36(33)16-8-17-37(44)35-14-6-7-18-39(35)45-41)24-32(23-30)34-15-9-19-40-43(34)38-25-28-12-4-5-13-29(28)26-42(38)46-40/h1-26H. The maximum Gasteiger partial charge on any atom is 0.136 e. The van der Waals surface area contributed by atoms with Gasteiger partial charge in [-0.15, -0.1) is 0 Å². The second kappa shape index (κ2) is 9.69. The fraction of sp³-hybridized carbons (Fsp3) is 0. The van der Waals surface area contributed by atoms with Gasteiger partial charge in [-0.3, -0.25) is 0 Å². The molecule has 0 atom stereocenters. The lowest BCUT2D eigenvalue weighted by atomic mass is 9.87. The zero-order valence-corrected chi connectivity index (χ0v) is 24.8. The van der Waals surface area contributed by atoms with Crippen molar-refractivity contribution in [3.63, 3.8) is 0 Å². The van der Waals surface area contributed by atoms with Crippen molar-refractivity contribution < 1.29 is 9.15 Å². The van der Waals surface area contributed by atoms with E-state index in [1.165, 1.54) is 38.4 Å². The van der Waals surface area contributed by atoms with Crippen molar-refractivity contribution >= 4 is 43.5 Å². The van der Waals surface area contributed by atoms with Gasteiger partial charge in [0.1, 0.15) is 22.7 Å². The minimum absolute atomic E-state index is 0.895. The summed E-state index contributed by atoms with van der Waals surface area (Å²) in [5.41, 5.74) is 11.1. The highest BCUT2D eigenvalue weighted by atomic mass is 16.5. The third kappa shape index (κ3) is 3.77. The Morgan fingerprint density at radius 3 is 1.91 bits per heavy atom. The molecule has 10 rings (SSSR count). The molecule has 0 unspecified atom stereocenters. The van der Waals surface area contributed by atoms with Gasteiger partial charge < -0.3 is 9.15 Å². The fourth-order valence-electron chi connectivity index (χ4n) is 7.32. The number of furan rings is 1. The Balaban J connectivity index is 1.25. The molecule has 0 aliphatic carbocycles. The maximum atomic E-state index is 6.47. The Labute approximate surface area is 265 Å². The van der Waals surface area contributed by atoms with E-state index in [-0.39, 0.29) is 0 Å². The van der Waals surface area contributed by atoms with Crippen LogP contribution in [0.1, 0.15) is 0 Å². The largest absolute Gasteiger partial charge is 0.456 e. The van der Waals surface area contributed by atoms with E-state index in [0.717, 1.165) is 61.1 Å². The molecule has 1 aromatic heterocycles. The number of benzene rings is 8. The van der Waals surface area contributed by atoms with E-state index in [9.17, 15) is 0 Å². The van der Waals surface area contributed by atoms with Gasteiger partial charge in [0, 0.05) is 21.7 Å². The molecule has 8 aromatic carbocycles. The van der Waals surface area contributed by atoms with Crippen molar-refractivity contribution in [3.05, 3.63) is 158 Å². The van der Waals surface area contributed by atoms with Crippen LogP contribution in [0.15, 0.2) is 162 Å². The quantitative estimate of drug-likeness (QED) is 0.205. The maximum absolute atomic E-state index is 6.47. The molecule has 0 bridgehead atoms.